The van der Waals surface area contributed by atoms with Gasteiger partial charge in [-0.05, 0) is 102 Å². The van der Waals surface area contributed by atoms with E-state index in [-0.39, 0.29) is 0 Å². The highest BCUT2D eigenvalue weighted by atomic mass is 14.7. The minimum atomic E-state index is 0.960. The summed E-state index contributed by atoms with van der Waals surface area (Å²) >= 11 is 0. The molecule has 0 aliphatic rings. The van der Waals surface area contributed by atoms with E-state index in [1.165, 1.54) is 70.9 Å². The van der Waals surface area contributed by atoms with Crippen LogP contribution in [0.5, 0.6) is 0 Å². The molecular weight excluding hydrogens is 639 g/mol. The van der Waals surface area contributed by atoms with E-state index < -0.39 is 0 Å². The molecule has 0 spiro atoms. The van der Waals surface area contributed by atoms with E-state index in [4.69, 9.17) is 4.98 Å². The van der Waals surface area contributed by atoms with Crippen molar-refractivity contribution in [3.05, 3.63) is 200 Å². The van der Waals surface area contributed by atoms with Gasteiger partial charge in [0, 0.05) is 11.1 Å². The minimum Gasteiger partial charge on any atom is -0.248 e. The Kier molecular flexibility index (Phi) is 7.44. The summed E-state index contributed by atoms with van der Waals surface area (Å²) in [6.07, 6.45) is 0. The largest absolute Gasteiger partial charge is 0.248 e. The van der Waals surface area contributed by atoms with Crippen LogP contribution in [-0.2, 0) is 0 Å². The molecular formula is C52H35N. The van der Waals surface area contributed by atoms with Gasteiger partial charge in [0.1, 0.15) is 0 Å². The number of benzene rings is 9. The molecule has 9 aromatic carbocycles. The highest BCUT2D eigenvalue weighted by Crippen LogP contribution is 2.48. The summed E-state index contributed by atoms with van der Waals surface area (Å²) in [5.41, 5.74) is 12.7. The van der Waals surface area contributed by atoms with E-state index in [9.17, 15) is 0 Å². The van der Waals surface area contributed by atoms with Gasteiger partial charge in [0.2, 0.25) is 0 Å². The van der Waals surface area contributed by atoms with Crippen LogP contribution < -0.4 is 0 Å². The van der Waals surface area contributed by atoms with E-state index in [1.54, 1.807) is 0 Å². The Morgan fingerprint density at radius 3 is 1.34 bits per heavy atom. The van der Waals surface area contributed by atoms with Gasteiger partial charge in [0.25, 0.3) is 0 Å². The fraction of sp³-hybridized carbons (Fsp3) is 0.0192. The average Bonchev–Trinajstić information content (AvgIpc) is 3.23. The van der Waals surface area contributed by atoms with Gasteiger partial charge in [-0.2, -0.15) is 0 Å². The second-order valence-corrected chi connectivity index (χ2v) is 14.0. The van der Waals surface area contributed by atoms with E-state index in [1.807, 2.05) is 0 Å². The van der Waals surface area contributed by atoms with Gasteiger partial charge in [-0.3, -0.25) is 0 Å². The Balaban J connectivity index is 1.34. The molecule has 0 saturated carbocycles. The lowest BCUT2D eigenvalue weighted by Crippen LogP contribution is -1.94. The van der Waals surface area contributed by atoms with Crippen LogP contribution in [0.15, 0.2) is 194 Å². The SMILES string of the molecule is Cc1ccc2c(-c3cccc4ccccc34)c3cc(-c4cc(-c5ccccc5)nc(-c5ccccc5)c4)ccc3c(-c3cccc4ccccc34)c2c1. The molecule has 0 atom stereocenters. The maximum atomic E-state index is 5.19. The summed E-state index contributed by atoms with van der Waals surface area (Å²) in [4.78, 5) is 5.19. The molecule has 0 fully saturated rings. The Hall–Kier alpha value is -6.83. The molecule has 1 heterocycles. The van der Waals surface area contributed by atoms with Crippen molar-refractivity contribution in [1.82, 2.24) is 4.98 Å². The van der Waals surface area contributed by atoms with Crippen molar-refractivity contribution in [2.45, 2.75) is 6.92 Å². The lowest BCUT2D eigenvalue weighted by molar-refractivity contribution is 1.32. The third-order valence-corrected chi connectivity index (χ3v) is 10.7. The number of rotatable bonds is 5. The first kappa shape index (κ1) is 30.9. The standard InChI is InChI=1S/C52H35N/c1-34-26-28-45-47(30-34)51(43-24-12-20-35-14-8-10-22-41(35)43)46-29-27-39(31-48(46)52(45)44-25-13-21-36-15-9-11-23-42(36)44)40-32-49(37-16-4-2-5-17-37)53-50(33-40)38-18-6-3-7-19-38/h2-33H,1H3. The molecule has 0 radical (unpaired) electrons. The maximum absolute atomic E-state index is 5.19. The van der Waals surface area contributed by atoms with E-state index in [0.717, 1.165) is 33.6 Å². The number of pyridine rings is 1. The van der Waals surface area contributed by atoms with Crippen LogP contribution in [0.3, 0.4) is 0 Å². The molecule has 0 unspecified atom stereocenters. The summed E-state index contributed by atoms with van der Waals surface area (Å²) in [7, 11) is 0. The summed E-state index contributed by atoms with van der Waals surface area (Å²) in [6, 6.07) is 70.6. The predicted octanol–water partition coefficient (Wildman–Crippen LogP) is 14.3. The molecule has 53 heavy (non-hydrogen) atoms. The quantitative estimate of drug-likeness (QED) is 0.166. The van der Waals surface area contributed by atoms with E-state index >= 15 is 0 Å². The number of aromatic nitrogens is 1. The van der Waals surface area contributed by atoms with Gasteiger partial charge in [-0.15, -0.1) is 0 Å². The van der Waals surface area contributed by atoms with Gasteiger partial charge < -0.3 is 0 Å². The molecule has 0 bridgehead atoms. The highest BCUT2D eigenvalue weighted by Gasteiger charge is 2.21. The van der Waals surface area contributed by atoms with Crippen LogP contribution >= 0.6 is 0 Å². The van der Waals surface area contributed by atoms with Crippen LogP contribution in [-0.4, -0.2) is 4.98 Å². The van der Waals surface area contributed by atoms with Crippen molar-refractivity contribution >= 4 is 43.1 Å². The van der Waals surface area contributed by atoms with Gasteiger partial charge in [0.05, 0.1) is 11.4 Å². The Labute approximate surface area is 309 Å². The zero-order valence-corrected chi connectivity index (χ0v) is 29.4. The van der Waals surface area contributed by atoms with Crippen LogP contribution in [0.4, 0.5) is 0 Å². The van der Waals surface area contributed by atoms with E-state index in [2.05, 4.69) is 201 Å². The minimum absolute atomic E-state index is 0.960. The molecule has 0 aliphatic carbocycles. The number of hydrogen-bond donors (Lipinski definition) is 0. The smallest absolute Gasteiger partial charge is 0.0715 e. The number of fused-ring (bicyclic) bond motifs is 4. The third-order valence-electron chi connectivity index (χ3n) is 10.7. The van der Waals surface area contributed by atoms with E-state index in [0.29, 0.717) is 0 Å². The Morgan fingerprint density at radius 2 is 0.774 bits per heavy atom. The zero-order valence-electron chi connectivity index (χ0n) is 29.4. The summed E-state index contributed by atoms with van der Waals surface area (Å²) in [5.74, 6) is 0. The van der Waals surface area contributed by atoms with Crippen molar-refractivity contribution < 1.29 is 0 Å². The zero-order chi connectivity index (χ0) is 35.3. The third kappa shape index (κ3) is 5.37. The summed E-state index contributed by atoms with van der Waals surface area (Å²) < 4.78 is 0. The van der Waals surface area contributed by atoms with Crippen LogP contribution in [0.1, 0.15) is 5.56 Å². The molecule has 10 aromatic rings. The fourth-order valence-corrected chi connectivity index (χ4v) is 8.20. The molecule has 0 N–H and O–H groups in total. The Morgan fingerprint density at radius 1 is 0.302 bits per heavy atom. The van der Waals surface area contributed by atoms with Gasteiger partial charge in [-0.25, -0.2) is 4.98 Å². The first-order valence-corrected chi connectivity index (χ1v) is 18.3. The summed E-state index contributed by atoms with van der Waals surface area (Å²) in [5, 5.41) is 9.99. The Bertz CT molecular complexity index is 2930. The maximum Gasteiger partial charge on any atom is 0.0715 e. The second kappa shape index (κ2) is 12.7. The van der Waals surface area contributed by atoms with Gasteiger partial charge >= 0.3 is 0 Å². The fourth-order valence-electron chi connectivity index (χ4n) is 8.20. The van der Waals surface area contributed by atoms with Crippen LogP contribution in [0.2, 0.25) is 0 Å². The number of hydrogen-bond acceptors (Lipinski definition) is 1. The normalized spacial score (nSPS) is 11.5. The first-order chi connectivity index (χ1) is 26.2. The summed E-state index contributed by atoms with van der Waals surface area (Å²) in [6.45, 7) is 2.20. The van der Waals surface area contributed by atoms with Crippen molar-refractivity contribution in [1.29, 1.82) is 0 Å². The monoisotopic (exact) mass is 673 g/mol. The first-order valence-electron chi connectivity index (χ1n) is 18.3. The molecule has 0 saturated heterocycles. The lowest BCUT2D eigenvalue weighted by Gasteiger charge is -2.21. The molecule has 0 amide bonds. The van der Waals surface area contributed by atoms with Crippen LogP contribution in [0.25, 0.3) is 99.0 Å². The van der Waals surface area contributed by atoms with Gasteiger partial charge in [0.15, 0.2) is 0 Å². The molecule has 1 heteroatoms. The van der Waals surface area contributed by atoms with Crippen LogP contribution in [0, 0.1) is 6.92 Å². The average molecular weight is 674 g/mol. The lowest BCUT2D eigenvalue weighted by atomic mass is 9.82. The number of aryl methyl sites for hydroxylation is 1. The highest BCUT2D eigenvalue weighted by molar-refractivity contribution is 6.25. The molecule has 1 aromatic heterocycles. The van der Waals surface area contributed by atoms with Crippen molar-refractivity contribution in [3.8, 4) is 55.9 Å². The number of nitrogens with zero attached hydrogens (tertiary/aromatic N) is 1. The van der Waals surface area contributed by atoms with Crippen molar-refractivity contribution in [2.75, 3.05) is 0 Å². The van der Waals surface area contributed by atoms with Gasteiger partial charge in [-0.1, -0.05) is 181 Å². The predicted molar refractivity (Wildman–Crippen MR) is 226 cm³/mol. The molecule has 248 valence electrons. The molecule has 0 aliphatic heterocycles. The van der Waals surface area contributed by atoms with Crippen molar-refractivity contribution in [3.63, 3.8) is 0 Å². The van der Waals surface area contributed by atoms with Crippen molar-refractivity contribution in [2.24, 2.45) is 0 Å². The molecule has 10 rings (SSSR count). The molecule has 1 nitrogen and oxygen atoms in total. The topological polar surface area (TPSA) is 12.9 Å². The second-order valence-electron chi connectivity index (χ2n) is 14.0.